The van der Waals surface area contributed by atoms with Gasteiger partial charge in [0.05, 0.1) is 12.1 Å². The Morgan fingerprint density at radius 1 is 1.19 bits per heavy atom. The van der Waals surface area contributed by atoms with Crippen molar-refractivity contribution in [3.8, 4) is 0 Å². The molecule has 142 valence electrons. The van der Waals surface area contributed by atoms with Crippen LogP contribution in [0.3, 0.4) is 0 Å². The number of hydrogen-bond donors (Lipinski definition) is 1. The maximum atomic E-state index is 13.4. The largest absolute Gasteiger partial charge is 0.453 e. The minimum atomic E-state index is -5.22. The Bertz CT molecular complexity index is 751. The van der Waals surface area contributed by atoms with Crippen molar-refractivity contribution >= 4 is 17.6 Å². The molecule has 1 amide bonds. The molecule has 1 N–H and O–H groups in total. The first kappa shape index (κ1) is 19.9. The molecule has 0 fully saturated rings. The summed E-state index contributed by atoms with van der Waals surface area (Å²) in [5, 5.41) is 13.5. The van der Waals surface area contributed by atoms with Gasteiger partial charge in [0.15, 0.2) is 0 Å². The van der Waals surface area contributed by atoms with Crippen LogP contribution in [0.2, 0.25) is 0 Å². The molecule has 1 heterocycles. The van der Waals surface area contributed by atoms with E-state index in [4.69, 9.17) is 4.74 Å². The van der Waals surface area contributed by atoms with E-state index in [2.05, 4.69) is 5.10 Å². The summed E-state index contributed by atoms with van der Waals surface area (Å²) in [4.78, 5) is 24.1. The number of esters is 1. The zero-order valence-corrected chi connectivity index (χ0v) is 14.7. The molecule has 1 atom stereocenters. The van der Waals surface area contributed by atoms with Gasteiger partial charge in [-0.2, -0.15) is 23.3 Å². The quantitative estimate of drug-likeness (QED) is 0.607. The van der Waals surface area contributed by atoms with Crippen molar-refractivity contribution in [2.24, 2.45) is 5.10 Å². The summed E-state index contributed by atoms with van der Waals surface area (Å²) in [5.74, 6) is -3.23. The summed E-state index contributed by atoms with van der Waals surface area (Å²) < 4.78 is 45.1. The lowest BCUT2D eigenvalue weighted by atomic mass is 10.00. The third-order valence-electron chi connectivity index (χ3n) is 3.59. The van der Waals surface area contributed by atoms with Gasteiger partial charge < -0.3 is 9.84 Å². The molecule has 9 heteroatoms. The van der Waals surface area contributed by atoms with Crippen molar-refractivity contribution in [1.29, 1.82) is 0 Å². The molecule has 0 radical (unpaired) electrons. The van der Waals surface area contributed by atoms with E-state index < -0.39 is 35.8 Å². The number of nitrogens with zero attached hydrogens (tertiary/aromatic N) is 2. The smallest absolute Gasteiger partial charge is 0.438 e. The van der Waals surface area contributed by atoms with E-state index >= 15 is 0 Å². The predicted octanol–water partition coefficient (Wildman–Crippen LogP) is 2.52. The molecule has 26 heavy (non-hydrogen) atoms. The molecule has 2 rings (SSSR count). The summed E-state index contributed by atoms with van der Waals surface area (Å²) in [6.45, 7) is 6.17. The highest BCUT2D eigenvalue weighted by molar-refractivity contribution is 6.33. The van der Waals surface area contributed by atoms with E-state index in [0.29, 0.717) is 5.56 Å². The Balaban J connectivity index is 2.42. The Morgan fingerprint density at radius 2 is 1.73 bits per heavy atom. The van der Waals surface area contributed by atoms with Crippen molar-refractivity contribution in [2.75, 3.05) is 0 Å². The minimum absolute atomic E-state index is 0.165. The maximum absolute atomic E-state index is 13.4. The molecule has 6 nitrogen and oxygen atoms in total. The van der Waals surface area contributed by atoms with Crippen molar-refractivity contribution in [3.05, 3.63) is 35.4 Å². The SMILES string of the molecule is Cc1ccc(C2=NN(C(=O)C(=O)OC(C)(C)C)C(O)(C(F)(F)F)C2)cc1. The number of carbonyl (C=O) groups is 2. The number of hydrogen-bond acceptors (Lipinski definition) is 5. The lowest BCUT2D eigenvalue weighted by Gasteiger charge is -2.32. The Hall–Kier alpha value is -2.42. The number of rotatable bonds is 1. The molecule has 1 aliphatic rings. The normalized spacial score (nSPS) is 20.8. The van der Waals surface area contributed by atoms with Crippen LogP contribution in [0.4, 0.5) is 13.2 Å². The molecule has 1 unspecified atom stereocenters. The van der Waals surface area contributed by atoms with Gasteiger partial charge in [0, 0.05) is 0 Å². The van der Waals surface area contributed by atoms with Crippen molar-refractivity contribution in [2.45, 2.75) is 51.6 Å². The highest BCUT2D eigenvalue weighted by Crippen LogP contribution is 2.41. The second kappa shape index (κ2) is 6.39. The van der Waals surface area contributed by atoms with E-state index in [-0.39, 0.29) is 10.7 Å². The van der Waals surface area contributed by atoms with Crippen molar-refractivity contribution < 1.29 is 32.6 Å². The molecule has 0 spiro atoms. The monoisotopic (exact) mass is 372 g/mol. The van der Waals surface area contributed by atoms with E-state index in [0.717, 1.165) is 5.56 Å². The minimum Gasteiger partial charge on any atom is -0.453 e. The maximum Gasteiger partial charge on any atom is 0.438 e. The van der Waals surface area contributed by atoms with E-state index in [1.165, 1.54) is 32.9 Å². The molecule has 1 aromatic carbocycles. The standard InChI is InChI=1S/C17H19F3N2O4/c1-10-5-7-11(8-6-10)12-9-16(25,17(18,19)20)22(21-12)13(23)14(24)26-15(2,3)4/h5-8,25H,9H2,1-4H3. The summed E-state index contributed by atoms with van der Waals surface area (Å²) in [5.41, 5.74) is -3.70. The first-order valence-electron chi connectivity index (χ1n) is 7.76. The van der Waals surface area contributed by atoms with E-state index in [9.17, 15) is 27.9 Å². The Labute approximate surface area is 148 Å². The van der Waals surface area contributed by atoms with Gasteiger partial charge in [-0.3, -0.25) is 4.79 Å². The first-order valence-corrected chi connectivity index (χ1v) is 7.76. The lowest BCUT2D eigenvalue weighted by Crippen LogP contribution is -2.58. The van der Waals surface area contributed by atoms with Gasteiger partial charge in [0.25, 0.3) is 5.72 Å². The zero-order valence-electron chi connectivity index (χ0n) is 14.7. The molecule has 1 aliphatic heterocycles. The number of aliphatic hydroxyl groups is 1. The Morgan fingerprint density at radius 3 is 2.19 bits per heavy atom. The van der Waals surface area contributed by atoms with E-state index in [1.807, 2.05) is 0 Å². The van der Waals surface area contributed by atoms with Gasteiger partial charge in [-0.05, 0) is 33.3 Å². The number of amides is 1. The molecular weight excluding hydrogens is 353 g/mol. The average molecular weight is 372 g/mol. The molecule has 0 saturated heterocycles. The number of halogens is 3. The fraction of sp³-hybridized carbons (Fsp3) is 0.471. The second-order valence-corrected chi connectivity index (χ2v) is 7.02. The summed E-state index contributed by atoms with van der Waals surface area (Å²) in [6, 6.07) is 6.35. The predicted molar refractivity (Wildman–Crippen MR) is 86.0 cm³/mol. The molecule has 0 saturated carbocycles. The third-order valence-corrected chi connectivity index (χ3v) is 3.59. The van der Waals surface area contributed by atoms with Crippen LogP contribution in [0.5, 0.6) is 0 Å². The van der Waals surface area contributed by atoms with E-state index in [1.54, 1.807) is 19.1 Å². The molecule has 1 aromatic rings. The van der Waals surface area contributed by atoms with Gasteiger partial charge in [0.2, 0.25) is 0 Å². The molecule has 0 bridgehead atoms. The van der Waals surface area contributed by atoms with Gasteiger partial charge >= 0.3 is 18.1 Å². The van der Waals surface area contributed by atoms with Crippen LogP contribution < -0.4 is 0 Å². The number of benzene rings is 1. The van der Waals surface area contributed by atoms with Crippen LogP contribution in [0.25, 0.3) is 0 Å². The fourth-order valence-electron chi connectivity index (χ4n) is 2.29. The van der Waals surface area contributed by atoms with Gasteiger partial charge in [-0.15, -0.1) is 0 Å². The van der Waals surface area contributed by atoms with Crippen LogP contribution in [0.15, 0.2) is 29.4 Å². The fourth-order valence-corrected chi connectivity index (χ4v) is 2.29. The number of ether oxygens (including phenoxy) is 1. The van der Waals surface area contributed by atoms with Crippen LogP contribution in [0, 0.1) is 6.92 Å². The summed E-state index contributed by atoms with van der Waals surface area (Å²) in [6.07, 6.45) is -6.21. The highest BCUT2D eigenvalue weighted by Gasteiger charge is 2.64. The average Bonchev–Trinajstić information content (AvgIpc) is 2.84. The number of aryl methyl sites for hydroxylation is 1. The lowest BCUT2D eigenvalue weighted by molar-refractivity contribution is -0.302. The summed E-state index contributed by atoms with van der Waals surface area (Å²) in [7, 11) is 0. The second-order valence-electron chi connectivity index (χ2n) is 7.02. The van der Waals surface area contributed by atoms with Crippen LogP contribution in [0.1, 0.15) is 38.3 Å². The highest BCUT2D eigenvalue weighted by atomic mass is 19.4. The number of alkyl halides is 3. The topological polar surface area (TPSA) is 79.2 Å². The number of hydrazone groups is 1. The molecular formula is C17H19F3N2O4. The zero-order chi connectivity index (χ0) is 19.9. The third kappa shape index (κ3) is 3.87. The van der Waals surface area contributed by atoms with Crippen molar-refractivity contribution in [3.63, 3.8) is 0 Å². The van der Waals surface area contributed by atoms with Crippen molar-refractivity contribution in [1.82, 2.24) is 5.01 Å². The van der Waals surface area contributed by atoms with Gasteiger partial charge in [-0.1, -0.05) is 29.8 Å². The summed E-state index contributed by atoms with van der Waals surface area (Å²) >= 11 is 0. The molecule has 0 aromatic heterocycles. The van der Waals surface area contributed by atoms with Gasteiger partial charge in [-0.25, -0.2) is 4.79 Å². The Kier molecular flexibility index (Phi) is 4.89. The van der Waals surface area contributed by atoms with Crippen LogP contribution >= 0.6 is 0 Å². The van der Waals surface area contributed by atoms with Crippen LogP contribution in [-0.2, 0) is 14.3 Å². The first-order chi connectivity index (χ1) is 11.7. The number of carbonyl (C=O) groups excluding carboxylic acids is 2. The van der Waals surface area contributed by atoms with Gasteiger partial charge in [0.1, 0.15) is 5.60 Å². The molecule has 0 aliphatic carbocycles. The van der Waals surface area contributed by atoms with Crippen LogP contribution in [-0.4, -0.2) is 45.2 Å².